The quantitative estimate of drug-likeness (QED) is 0.545. The van der Waals surface area contributed by atoms with Crippen molar-refractivity contribution in [3.8, 4) is 0 Å². The Kier molecular flexibility index (Phi) is 2.15. The molecule has 2 atom stereocenters. The van der Waals surface area contributed by atoms with Gasteiger partial charge in [0.2, 0.25) is 0 Å². The van der Waals surface area contributed by atoms with E-state index in [-0.39, 0.29) is 0 Å². The molecule has 0 saturated heterocycles. The zero-order valence-electron chi connectivity index (χ0n) is 6.85. The summed E-state index contributed by atoms with van der Waals surface area (Å²) in [5.41, 5.74) is 0. The van der Waals surface area contributed by atoms with Crippen LogP contribution in [0.3, 0.4) is 0 Å². The van der Waals surface area contributed by atoms with Gasteiger partial charge in [-0.25, -0.2) is 0 Å². The van der Waals surface area contributed by atoms with Crippen LogP contribution < -0.4 is 0 Å². The summed E-state index contributed by atoms with van der Waals surface area (Å²) in [5, 5.41) is 0. The van der Waals surface area contributed by atoms with Crippen molar-refractivity contribution in [3.63, 3.8) is 0 Å². The van der Waals surface area contributed by atoms with Crippen molar-refractivity contribution in [1.82, 2.24) is 0 Å². The van der Waals surface area contributed by atoms with Gasteiger partial charge in [0, 0.05) is 0 Å². The van der Waals surface area contributed by atoms with Crippen LogP contribution in [0.5, 0.6) is 0 Å². The third kappa shape index (κ3) is 2.00. The van der Waals surface area contributed by atoms with Gasteiger partial charge < -0.3 is 0 Å². The molecule has 0 amide bonds. The fraction of sp³-hybridized carbons (Fsp3) is 1.00. The lowest BCUT2D eigenvalue weighted by molar-refractivity contribution is 0.508. The Balaban J connectivity index is 2.05. The molecule has 0 nitrogen and oxygen atoms in total. The van der Waals surface area contributed by atoms with Crippen LogP contribution in [0.25, 0.3) is 0 Å². The summed E-state index contributed by atoms with van der Waals surface area (Å²) in [6, 6.07) is 0. The van der Waals surface area contributed by atoms with E-state index in [4.69, 9.17) is 0 Å². The minimum atomic E-state index is 0.923. The molecule has 2 unspecified atom stereocenters. The normalized spacial score (nSPS) is 33.3. The first-order valence-electron chi connectivity index (χ1n) is 4.24. The molecule has 1 rings (SSSR count). The zero-order chi connectivity index (χ0) is 6.85. The van der Waals surface area contributed by atoms with Gasteiger partial charge in [0.15, 0.2) is 0 Å². The van der Waals surface area contributed by atoms with Gasteiger partial charge in [-0.05, 0) is 30.6 Å². The maximum atomic E-state index is 2.32. The van der Waals surface area contributed by atoms with Crippen molar-refractivity contribution >= 4 is 0 Å². The average molecular weight is 126 g/mol. The molecule has 0 heterocycles. The SMILES string of the molecule is CCC1CC1CC(C)C. The molecule has 0 aromatic carbocycles. The zero-order valence-corrected chi connectivity index (χ0v) is 6.85. The Morgan fingerprint density at radius 2 is 2.00 bits per heavy atom. The van der Waals surface area contributed by atoms with E-state index in [1.54, 1.807) is 0 Å². The second kappa shape index (κ2) is 2.72. The molecule has 1 aliphatic rings. The van der Waals surface area contributed by atoms with Crippen LogP contribution in [-0.4, -0.2) is 0 Å². The van der Waals surface area contributed by atoms with Crippen molar-refractivity contribution in [2.75, 3.05) is 0 Å². The maximum absolute atomic E-state index is 2.32. The second-order valence-corrected chi connectivity index (χ2v) is 3.79. The molecule has 0 heteroatoms. The summed E-state index contributed by atoms with van der Waals surface area (Å²) < 4.78 is 0. The Labute approximate surface area is 58.7 Å². The van der Waals surface area contributed by atoms with Crippen molar-refractivity contribution in [2.45, 2.75) is 40.0 Å². The molecule has 54 valence electrons. The molecule has 0 aromatic rings. The maximum Gasteiger partial charge on any atom is -0.0381 e. The molecule has 1 saturated carbocycles. The lowest BCUT2D eigenvalue weighted by atomic mass is 10.1. The summed E-state index contributed by atoms with van der Waals surface area (Å²) in [6.45, 7) is 6.96. The molecule has 0 radical (unpaired) electrons. The smallest absolute Gasteiger partial charge is 0.0381 e. The van der Waals surface area contributed by atoms with Gasteiger partial charge in [0.25, 0.3) is 0 Å². The molecule has 0 bridgehead atoms. The Morgan fingerprint density at radius 3 is 2.33 bits per heavy atom. The summed E-state index contributed by atoms with van der Waals surface area (Å²) in [6.07, 6.45) is 4.41. The van der Waals surface area contributed by atoms with Crippen molar-refractivity contribution in [2.24, 2.45) is 17.8 Å². The van der Waals surface area contributed by atoms with Crippen molar-refractivity contribution in [3.05, 3.63) is 0 Å². The average Bonchev–Trinajstić information content (AvgIpc) is 2.45. The van der Waals surface area contributed by atoms with Crippen LogP contribution in [0.2, 0.25) is 0 Å². The predicted molar refractivity (Wildman–Crippen MR) is 41.3 cm³/mol. The van der Waals surface area contributed by atoms with E-state index in [2.05, 4.69) is 20.8 Å². The van der Waals surface area contributed by atoms with Crippen LogP contribution in [-0.2, 0) is 0 Å². The van der Waals surface area contributed by atoms with Crippen molar-refractivity contribution < 1.29 is 0 Å². The van der Waals surface area contributed by atoms with Crippen molar-refractivity contribution in [1.29, 1.82) is 0 Å². The monoisotopic (exact) mass is 126 g/mol. The lowest BCUT2D eigenvalue weighted by Gasteiger charge is -2.00. The van der Waals surface area contributed by atoms with E-state index in [1.807, 2.05) is 0 Å². The Hall–Kier alpha value is 0. The van der Waals surface area contributed by atoms with E-state index in [9.17, 15) is 0 Å². The molecular formula is C9H18. The van der Waals surface area contributed by atoms with Gasteiger partial charge in [0.05, 0.1) is 0 Å². The molecule has 0 aromatic heterocycles. The first-order chi connectivity index (χ1) is 4.24. The fourth-order valence-corrected chi connectivity index (χ4v) is 1.70. The largest absolute Gasteiger partial charge is 0.0651 e. The molecule has 1 aliphatic carbocycles. The summed E-state index contributed by atoms with van der Waals surface area (Å²) in [5.74, 6) is 3.13. The van der Waals surface area contributed by atoms with E-state index in [0.29, 0.717) is 0 Å². The van der Waals surface area contributed by atoms with Gasteiger partial charge in [-0.3, -0.25) is 0 Å². The number of rotatable bonds is 3. The highest BCUT2D eigenvalue weighted by atomic mass is 14.4. The number of hydrogen-bond acceptors (Lipinski definition) is 0. The molecule has 0 N–H and O–H groups in total. The summed E-state index contributed by atoms with van der Waals surface area (Å²) in [7, 11) is 0. The van der Waals surface area contributed by atoms with Gasteiger partial charge in [0.1, 0.15) is 0 Å². The van der Waals surface area contributed by atoms with Gasteiger partial charge >= 0.3 is 0 Å². The summed E-state index contributed by atoms with van der Waals surface area (Å²) in [4.78, 5) is 0. The molecular weight excluding hydrogens is 108 g/mol. The third-order valence-electron chi connectivity index (χ3n) is 2.37. The Morgan fingerprint density at radius 1 is 1.33 bits per heavy atom. The lowest BCUT2D eigenvalue weighted by Crippen LogP contribution is -1.89. The van der Waals surface area contributed by atoms with Gasteiger partial charge in [-0.2, -0.15) is 0 Å². The highest BCUT2D eigenvalue weighted by Gasteiger charge is 2.34. The fourth-order valence-electron chi connectivity index (χ4n) is 1.70. The molecule has 9 heavy (non-hydrogen) atoms. The minimum Gasteiger partial charge on any atom is -0.0651 e. The van der Waals surface area contributed by atoms with Gasteiger partial charge in [-0.1, -0.05) is 27.2 Å². The third-order valence-corrected chi connectivity index (χ3v) is 2.37. The Bertz CT molecular complexity index is 84.0. The van der Waals surface area contributed by atoms with E-state index < -0.39 is 0 Å². The highest BCUT2D eigenvalue weighted by molar-refractivity contribution is 4.85. The molecule has 0 spiro atoms. The standard InChI is InChI=1S/C9H18/c1-4-8-6-9(8)5-7(2)3/h7-9H,4-6H2,1-3H3. The van der Waals surface area contributed by atoms with E-state index in [1.165, 1.54) is 19.3 Å². The minimum absolute atomic E-state index is 0.923. The van der Waals surface area contributed by atoms with Gasteiger partial charge in [-0.15, -0.1) is 0 Å². The van der Waals surface area contributed by atoms with Crippen LogP contribution in [0.1, 0.15) is 40.0 Å². The second-order valence-electron chi connectivity index (χ2n) is 3.79. The predicted octanol–water partition coefficient (Wildman–Crippen LogP) is 3.08. The van der Waals surface area contributed by atoms with Crippen LogP contribution in [0.15, 0.2) is 0 Å². The van der Waals surface area contributed by atoms with E-state index in [0.717, 1.165) is 17.8 Å². The highest BCUT2D eigenvalue weighted by Crippen LogP contribution is 2.44. The number of hydrogen-bond donors (Lipinski definition) is 0. The summed E-state index contributed by atoms with van der Waals surface area (Å²) >= 11 is 0. The first-order valence-corrected chi connectivity index (χ1v) is 4.24. The first kappa shape index (κ1) is 7.11. The van der Waals surface area contributed by atoms with E-state index >= 15 is 0 Å². The molecule has 1 fully saturated rings. The molecule has 0 aliphatic heterocycles. The van der Waals surface area contributed by atoms with Crippen LogP contribution in [0, 0.1) is 17.8 Å². The van der Waals surface area contributed by atoms with Crippen LogP contribution >= 0.6 is 0 Å². The topological polar surface area (TPSA) is 0 Å². The van der Waals surface area contributed by atoms with Crippen LogP contribution in [0.4, 0.5) is 0 Å².